The topological polar surface area (TPSA) is 67.2 Å². The molecule has 0 bridgehead atoms. The van der Waals surface area contributed by atoms with Crippen LogP contribution in [0.1, 0.15) is 31.8 Å². The lowest BCUT2D eigenvalue weighted by Crippen LogP contribution is -2.45. The van der Waals surface area contributed by atoms with E-state index in [-0.39, 0.29) is 22.5 Å². The molecule has 0 aromatic heterocycles. The van der Waals surface area contributed by atoms with E-state index in [4.69, 9.17) is 0 Å². The van der Waals surface area contributed by atoms with Gasteiger partial charge in [-0.05, 0) is 38.9 Å². The van der Waals surface area contributed by atoms with Crippen LogP contribution in [0.4, 0.5) is 20.2 Å². The molecule has 5 nitrogen and oxygen atoms in total. The number of rotatable bonds is 4. The van der Waals surface area contributed by atoms with Gasteiger partial charge in [0, 0.05) is 28.9 Å². The maximum atomic E-state index is 13.1. The first-order valence-electron chi connectivity index (χ1n) is 6.47. The molecule has 0 saturated carbocycles. The number of nitrogens with zero attached hydrogens (tertiary/aromatic N) is 1. The molecule has 1 fully saturated rings. The van der Waals surface area contributed by atoms with Gasteiger partial charge in [-0.15, -0.1) is 0 Å². The lowest BCUT2D eigenvalue weighted by molar-refractivity contribution is -0.385. The highest BCUT2D eigenvalue weighted by atomic mass is 19.3. The van der Waals surface area contributed by atoms with Crippen LogP contribution < -0.4 is 10.6 Å². The van der Waals surface area contributed by atoms with Crippen molar-refractivity contribution in [1.82, 2.24) is 5.32 Å². The van der Waals surface area contributed by atoms with Crippen molar-refractivity contribution < 1.29 is 13.7 Å². The van der Waals surface area contributed by atoms with E-state index in [2.05, 4.69) is 10.6 Å². The summed E-state index contributed by atoms with van der Waals surface area (Å²) in [5.74, 6) is 0. The minimum Gasteiger partial charge on any atom is -0.379 e. The maximum absolute atomic E-state index is 13.1. The molecule has 0 spiro atoms. The Morgan fingerprint density at radius 1 is 1.40 bits per heavy atom. The molecule has 1 aliphatic heterocycles. The van der Waals surface area contributed by atoms with Crippen molar-refractivity contribution in [2.75, 3.05) is 18.4 Å². The Balaban J connectivity index is 2.28. The molecule has 2 rings (SSSR count). The van der Waals surface area contributed by atoms with E-state index < -0.39 is 11.3 Å². The Morgan fingerprint density at radius 3 is 2.60 bits per heavy atom. The maximum Gasteiger partial charge on any atom is 0.270 e. The minimum absolute atomic E-state index is 0.273. The Hall–Kier alpha value is -1.76. The monoisotopic (exact) mass is 285 g/mol. The van der Waals surface area contributed by atoms with Crippen LogP contribution in [-0.4, -0.2) is 23.6 Å². The van der Waals surface area contributed by atoms with Crippen LogP contribution in [0.2, 0.25) is 0 Å². The van der Waals surface area contributed by atoms with E-state index in [1.807, 2.05) is 6.92 Å². The largest absolute Gasteiger partial charge is 0.379 e. The molecule has 1 aromatic carbocycles. The number of nitrogens with one attached hydrogen (secondary N) is 2. The van der Waals surface area contributed by atoms with Crippen molar-refractivity contribution in [2.45, 2.75) is 31.7 Å². The first kappa shape index (κ1) is 14.6. The highest BCUT2D eigenvalue weighted by molar-refractivity contribution is 5.58. The number of benzene rings is 1. The molecule has 110 valence electrons. The van der Waals surface area contributed by atoms with E-state index in [1.54, 1.807) is 0 Å². The number of halogens is 2. The molecular formula is C13H17F2N3O2. The van der Waals surface area contributed by atoms with Gasteiger partial charge in [0.25, 0.3) is 12.1 Å². The van der Waals surface area contributed by atoms with Gasteiger partial charge in [0.2, 0.25) is 0 Å². The van der Waals surface area contributed by atoms with Gasteiger partial charge in [0.15, 0.2) is 0 Å². The van der Waals surface area contributed by atoms with E-state index in [0.717, 1.165) is 32.0 Å². The molecular weight excluding hydrogens is 268 g/mol. The number of anilines is 1. The molecule has 0 radical (unpaired) electrons. The fourth-order valence-corrected chi connectivity index (χ4v) is 2.39. The summed E-state index contributed by atoms with van der Waals surface area (Å²) in [5.41, 5.74) is -0.638. The first-order chi connectivity index (χ1) is 9.41. The molecule has 0 amide bonds. The molecule has 0 aliphatic carbocycles. The summed E-state index contributed by atoms with van der Waals surface area (Å²) in [4.78, 5) is 10.0. The third-order valence-corrected chi connectivity index (χ3v) is 3.62. The van der Waals surface area contributed by atoms with Crippen molar-refractivity contribution in [1.29, 1.82) is 0 Å². The van der Waals surface area contributed by atoms with Crippen LogP contribution in [0.15, 0.2) is 18.2 Å². The third-order valence-electron chi connectivity index (χ3n) is 3.62. The number of hydrogen-bond acceptors (Lipinski definition) is 4. The minimum atomic E-state index is -2.75. The van der Waals surface area contributed by atoms with Crippen molar-refractivity contribution in [2.24, 2.45) is 0 Å². The molecule has 1 saturated heterocycles. The van der Waals surface area contributed by atoms with Crippen molar-refractivity contribution in [3.8, 4) is 0 Å². The number of hydrogen-bond donors (Lipinski definition) is 2. The lowest BCUT2D eigenvalue weighted by Gasteiger charge is -2.36. The van der Waals surface area contributed by atoms with E-state index in [1.165, 1.54) is 12.1 Å². The second-order valence-electron chi connectivity index (χ2n) is 5.27. The summed E-state index contributed by atoms with van der Waals surface area (Å²) in [6.07, 6.45) is -1.12. The van der Waals surface area contributed by atoms with Gasteiger partial charge in [-0.1, -0.05) is 0 Å². The Morgan fingerprint density at radius 2 is 2.05 bits per heavy atom. The number of alkyl halides is 2. The molecule has 0 atom stereocenters. The molecule has 2 N–H and O–H groups in total. The first-order valence-corrected chi connectivity index (χ1v) is 6.47. The van der Waals surface area contributed by atoms with Crippen LogP contribution in [-0.2, 0) is 0 Å². The van der Waals surface area contributed by atoms with Crippen LogP contribution >= 0.6 is 0 Å². The second-order valence-corrected chi connectivity index (χ2v) is 5.27. The van der Waals surface area contributed by atoms with Crippen LogP contribution in [0.25, 0.3) is 0 Å². The van der Waals surface area contributed by atoms with Crippen molar-refractivity contribution in [3.63, 3.8) is 0 Å². The van der Waals surface area contributed by atoms with Crippen LogP contribution in [0.5, 0.6) is 0 Å². The van der Waals surface area contributed by atoms with Crippen LogP contribution in [0.3, 0.4) is 0 Å². The zero-order valence-electron chi connectivity index (χ0n) is 11.2. The standard InChI is InChI=1S/C13H17F2N3O2/c1-13(4-6-16-7-5-13)17-11-3-2-9(18(19)20)8-10(11)12(14)15/h2-3,8,12,16-17H,4-7H2,1H3. The van der Waals surface area contributed by atoms with Gasteiger partial charge >= 0.3 is 0 Å². The molecule has 7 heteroatoms. The molecule has 1 aromatic rings. The van der Waals surface area contributed by atoms with Gasteiger partial charge in [0.05, 0.1) is 4.92 Å². The Bertz CT molecular complexity index is 502. The van der Waals surface area contributed by atoms with Crippen LogP contribution in [0, 0.1) is 10.1 Å². The van der Waals surface area contributed by atoms with Gasteiger partial charge < -0.3 is 10.6 Å². The summed E-state index contributed by atoms with van der Waals surface area (Å²) in [6.45, 7) is 3.62. The Labute approximate surface area is 115 Å². The quantitative estimate of drug-likeness (QED) is 0.659. The summed E-state index contributed by atoms with van der Waals surface area (Å²) >= 11 is 0. The number of piperidine rings is 1. The number of non-ortho nitro benzene ring substituents is 1. The highest BCUT2D eigenvalue weighted by Gasteiger charge is 2.28. The zero-order chi connectivity index (χ0) is 14.8. The summed E-state index contributed by atoms with van der Waals surface area (Å²) in [5, 5.41) is 17.0. The highest BCUT2D eigenvalue weighted by Crippen LogP contribution is 2.34. The van der Waals surface area contributed by atoms with Gasteiger partial charge in [0.1, 0.15) is 0 Å². The summed E-state index contributed by atoms with van der Waals surface area (Å²) in [6, 6.07) is 3.56. The van der Waals surface area contributed by atoms with E-state index >= 15 is 0 Å². The fourth-order valence-electron chi connectivity index (χ4n) is 2.39. The van der Waals surface area contributed by atoms with Gasteiger partial charge in [-0.3, -0.25) is 10.1 Å². The molecule has 1 heterocycles. The molecule has 1 aliphatic rings. The van der Waals surface area contributed by atoms with Gasteiger partial charge in [-0.2, -0.15) is 0 Å². The fraction of sp³-hybridized carbons (Fsp3) is 0.538. The average Bonchev–Trinajstić information content (AvgIpc) is 2.39. The lowest BCUT2D eigenvalue weighted by atomic mass is 9.90. The average molecular weight is 285 g/mol. The van der Waals surface area contributed by atoms with Crippen molar-refractivity contribution >= 4 is 11.4 Å². The Kier molecular flexibility index (Phi) is 4.17. The molecule has 0 unspecified atom stereocenters. The van der Waals surface area contributed by atoms with Gasteiger partial charge in [-0.25, -0.2) is 8.78 Å². The number of nitro groups is 1. The predicted molar refractivity (Wildman–Crippen MR) is 72.2 cm³/mol. The zero-order valence-corrected chi connectivity index (χ0v) is 11.2. The predicted octanol–water partition coefficient (Wildman–Crippen LogP) is 3.09. The number of nitro benzene ring substituents is 1. The third kappa shape index (κ3) is 3.22. The summed E-state index contributed by atoms with van der Waals surface area (Å²) in [7, 11) is 0. The summed E-state index contributed by atoms with van der Waals surface area (Å²) < 4.78 is 26.1. The van der Waals surface area contributed by atoms with Crippen molar-refractivity contribution in [3.05, 3.63) is 33.9 Å². The van der Waals surface area contributed by atoms with E-state index in [0.29, 0.717) is 0 Å². The molecule has 20 heavy (non-hydrogen) atoms. The van der Waals surface area contributed by atoms with E-state index in [9.17, 15) is 18.9 Å². The second kappa shape index (κ2) is 5.70. The normalized spacial score (nSPS) is 18.0. The smallest absolute Gasteiger partial charge is 0.270 e. The SMILES string of the molecule is CC1(Nc2ccc([N+](=O)[O-])cc2C(F)F)CCNCC1.